The van der Waals surface area contributed by atoms with E-state index in [0.29, 0.717) is 41.7 Å². The van der Waals surface area contributed by atoms with Gasteiger partial charge in [-0.2, -0.15) is 5.26 Å². The van der Waals surface area contributed by atoms with Crippen molar-refractivity contribution in [1.82, 2.24) is 9.88 Å². The molecule has 3 aromatic carbocycles. The highest BCUT2D eigenvalue weighted by molar-refractivity contribution is 6.32. The summed E-state index contributed by atoms with van der Waals surface area (Å²) in [6.07, 6.45) is 5.68. The lowest BCUT2D eigenvalue weighted by molar-refractivity contribution is -0.147. The Kier molecular flexibility index (Phi) is 9.93. The standard InChI is InChI=1S/C35H34ClN3O4/c1-24-8-3-4-10-30(24)31-11-7-9-28(25(31)2)22-42-34-16-33(41-21-27-14-26(17-37)18-38-19-27)29(15-32(34)36)20-39-13-6-5-12-35(39)43-23-40/h3-4,7-11,14-16,18-19,23,35H,5-6,12-13,20-22H2,1-2H3/t35-/m1/s1. The molecule has 220 valence electrons. The Hall–Kier alpha value is -4.38. The summed E-state index contributed by atoms with van der Waals surface area (Å²) in [5.74, 6) is 1.10. The summed E-state index contributed by atoms with van der Waals surface area (Å²) in [6, 6.07) is 22.1. The molecule has 0 amide bonds. The van der Waals surface area contributed by atoms with Crippen LogP contribution >= 0.6 is 11.6 Å². The number of aromatic nitrogens is 1. The first-order valence-electron chi connectivity index (χ1n) is 14.4. The molecule has 1 aromatic heterocycles. The molecule has 1 aliphatic heterocycles. The maximum Gasteiger partial charge on any atom is 0.294 e. The fraction of sp³-hybridized carbons (Fsp3) is 0.286. The van der Waals surface area contributed by atoms with Crippen molar-refractivity contribution in [3.8, 4) is 28.7 Å². The lowest BCUT2D eigenvalue weighted by Crippen LogP contribution is -2.40. The van der Waals surface area contributed by atoms with Crippen LogP contribution < -0.4 is 9.47 Å². The zero-order valence-corrected chi connectivity index (χ0v) is 25.1. The van der Waals surface area contributed by atoms with Crippen LogP contribution in [0, 0.1) is 25.2 Å². The zero-order valence-electron chi connectivity index (χ0n) is 24.4. The van der Waals surface area contributed by atoms with Gasteiger partial charge in [0, 0.05) is 42.7 Å². The van der Waals surface area contributed by atoms with Crippen LogP contribution in [0.3, 0.4) is 0 Å². The quantitative estimate of drug-likeness (QED) is 0.166. The van der Waals surface area contributed by atoms with E-state index in [1.807, 2.05) is 24.3 Å². The predicted molar refractivity (Wildman–Crippen MR) is 166 cm³/mol. The Morgan fingerprint density at radius 3 is 2.60 bits per heavy atom. The number of rotatable bonds is 11. The van der Waals surface area contributed by atoms with Crippen LogP contribution in [0.1, 0.15) is 52.6 Å². The number of pyridine rings is 1. The number of nitrogens with zero attached hydrogens (tertiary/aromatic N) is 3. The van der Waals surface area contributed by atoms with Crippen molar-refractivity contribution in [1.29, 1.82) is 5.26 Å². The number of nitriles is 1. The first-order chi connectivity index (χ1) is 21.0. The number of piperidine rings is 1. The largest absolute Gasteiger partial charge is 0.488 e. The lowest BCUT2D eigenvalue weighted by Gasteiger charge is -2.34. The topological polar surface area (TPSA) is 84.7 Å². The third-order valence-electron chi connectivity index (χ3n) is 7.84. The molecule has 0 bridgehead atoms. The molecule has 2 heterocycles. The van der Waals surface area contributed by atoms with Crippen LogP contribution in [0.15, 0.2) is 73.1 Å². The molecule has 0 radical (unpaired) electrons. The van der Waals surface area contributed by atoms with E-state index in [-0.39, 0.29) is 12.8 Å². The number of carbonyl (C=O) groups is 1. The van der Waals surface area contributed by atoms with E-state index < -0.39 is 0 Å². The first-order valence-corrected chi connectivity index (χ1v) is 14.7. The van der Waals surface area contributed by atoms with Gasteiger partial charge in [0.05, 0.1) is 10.6 Å². The van der Waals surface area contributed by atoms with E-state index in [2.05, 4.69) is 60.1 Å². The Balaban J connectivity index is 1.41. The molecule has 8 heteroatoms. The van der Waals surface area contributed by atoms with Crippen molar-refractivity contribution < 1.29 is 19.0 Å². The highest BCUT2D eigenvalue weighted by Gasteiger charge is 2.25. The summed E-state index contributed by atoms with van der Waals surface area (Å²) in [6.45, 7) is 6.56. The third kappa shape index (κ3) is 7.34. The maximum atomic E-state index is 11.1. The molecule has 1 fully saturated rings. The normalized spacial score (nSPS) is 15.0. The molecule has 0 aliphatic carbocycles. The molecular weight excluding hydrogens is 562 g/mol. The van der Waals surface area contributed by atoms with E-state index in [0.717, 1.165) is 48.1 Å². The average molecular weight is 596 g/mol. The SMILES string of the molecule is Cc1ccccc1-c1cccc(COc2cc(OCc3cncc(C#N)c3)c(CN3CCCC[C@H]3OC=O)cc2Cl)c1C. The Morgan fingerprint density at radius 2 is 1.79 bits per heavy atom. The second-order valence-electron chi connectivity index (χ2n) is 10.7. The number of carbonyl (C=O) groups excluding carboxylic acids is 1. The number of likely N-dealkylation sites (tertiary alicyclic amines) is 1. The third-order valence-corrected chi connectivity index (χ3v) is 8.13. The summed E-state index contributed by atoms with van der Waals surface area (Å²) in [4.78, 5) is 17.4. The van der Waals surface area contributed by atoms with Gasteiger partial charge in [0.2, 0.25) is 0 Å². The number of halogens is 1. The molecule has 0 unspecified atom stereocenters. The van der Waals surface area contributed by atoms with E-state index in [4.69, 9.17) is 25.8 Å². The molecule has 43 heavy (non-hydrogen) atoms. The zero-order chi connectivity index (χ0) is 30.2. The smallest absolute Gasteiger partial charge is 0.294 e. The van der Waals surface area contributed by atoms with Gasteiger partial charge in [-0.25, -0.2) is 0 Å². The van der Waals surface area contributed by atoms with E-state index in [1.54, 1.807) is 12.3 Å². The number of ether oxygens (including phenoxy) is 3. The molecule has 1 saturated heterocycles. The minimum atomic E-state index is -0.297. The van der Waals surface area contributed by atoms with Crippen molar-refractivity contribution in [2.45, 2.75) is 59.1 Å². The summed E-state index contributed by atoms with van der Waals surface area (Å²) < 4.78 is 18.0. The minimum absolute atomic E-state index is 0.211. The number of aryl methyl sites for hydroxylation is 1. The van der Waals surface area contributed by atoms with Gasteiger partial charge in [-0.1, -0.05) is 54.1 Å². The van der Waals surface area contributed by atoms with E-state index >= 15 is 0 Å². The monoisotopic (exact) mass is 595 g/mol. The van der Waals surface area contributed by atoms with Gasteiger partial charge in [-0.15, -0.1) is 0 Å². The second kappa shape index (κ2) is 14.2. The van der Waals surface area contributed by atoms with Gasteiger partial charge < -0.3 is 14.2 Å². The molecule has 0 saturated carbocycles. The molecule has 4 aromatic rings. The van der Waals surface area contributed by atoms with E-state index in [9.17, 15) is 10.1 Å². The van der Waals surface area contributed by atoms with Crippen LogP contribution in [0.5, 0.6) is 11.5 Å². The minimum Gasteiger partial charge on any atom is -0.488 e. The maximum absolute atomic E-state index is 11.1. The van der Waals surface area contributed by atoms with Crippen molar-refractivity contribution >= 4 is 18.1 Å². The Morgan fingerprint density at radius 1 is 0.977 bits per heavy atom. The Bertz CT molecular complexity index is 1630. The van der Waals surface area contributed by atoms with Crippen LogP contribution in [-0.2, 0) is 29.3 Å². The highest BCUT2D eigenvalue weighted by Crippen LogP contribution is 2.36. The number of benzene rings is 3. The van der Waals surface area contributed by atoms with Crippen LogP contribution in [0.2, 0.25) is 5.02 Å². The van der Waals surface area contributed by atoms with Gasteiger partial charge in [0.1, 0.15) is 30.8 Å². The molecule has 7 nitrogen and oxygen atoms in total. The van der Waals surface area contributed by atoms with E-state index in [1.165, 1.54) is 22.9 Å². The number of hydrogen-bond donors (Lipinski definition) is 0. The molecule has 5 rings (SSSR count). The fourth-order valence-electron chi connectivity index (χ4n) is 5.47. The van der Waals surface area contributed by atoms with Gasteiger partial charge in [0.15, 0.2) is 6.23 Å². The second-order valence-corrected chi connectivity index (χ2v) is 11.1. The Labute approximate surface area is 257 Å². The molecule has 0 N–H and O–H groups in total. The van der Waals surface area contributed by atoms with Crippen molar-refractivity contribution in [3.05, 3.63) is 111 Å². The fourth-order valence-corrected chi connectivity index (χ4v) is 5.71. The molecular formula is C35H34ClN3O4. The van der Waals surface area contributed by atoms with Crippen LogP contribution in [0.25, 0.3) is 11.1 Å². The van der Waals surface area contributed by atoms with Gasteiger partial charge in [0.25, 0.3) is 6.47 Å². The first kappa shape index (κ1) is 30.1. The number of hydrogen-bond acceptors (Lipinski definition) is 7. The summed E-state index contributed by atoms with van der Waals surface area (Å²) in [5.41, 5.74) is 7.88. The molecule has 1 aliphatic rings. The van der Waals surface area contributed by atoms with Crippen LogP contribution in [-0.4, -0.2) is 29.1 Å². The van der Waals surface area contributed by atoms with Crippen molar-refractivity contribution in [2.75, 3.05) is 6.54 Å². The van der Waals surface area contributed by atoms with Crippen molar-refractivity contribution in [2.24, 2.45) is 0 Å². The molecule has 1 atom stereocenters. The predicted octanol–water partition coefficient (Wildman–Crippen LogP) is 7.53. The molecule has 0 spiro atoms. The highest BCUT2D eigenvalue weighted by atomic mass is 35.5. The van der Waals surface area contributed by atoms with Gasteiger partial charge >= 0.3 is 0 Å². The van der Waals surface area contributed by atoms with Gasteiger partial charge in [-0.05, 0) is 73.1 Å². The average Bonchev–Trinajstić information content (AvgIpc) is 3.02. The summed E-state index contributed by atoms with van der Waals surface area (Å²) in [7, 11) is 0. The lowest BCUT2D eigenvalue weighted by atomic mass is 9.94. The van der Waals surface area contributed by atoms with Crippen molar-refractivity contribution in [3.63, 3.8) is 0 Å². The van der Waals surface area contributed by atoms with Gasteiger partial charge in [-0.3, -0.25) is 14.7 Å². The summed E-state index contributed by atoms with van der Waals surface area (Å²) >= 11 is 6.79. The summed E-state index contributed by atoms with van der Waals surface area (Å²) in [5, 5.41) is 9.74. The van der Waals surface area contributed by atoms with Crippen LogP contribution in [0.4, 0.5) is 0 Å².